The molecule has 0 aliphatic heterocycles. The van der Waals surface area contributed by atoms with E-state index in [4.69, 9.17) is 4.74 Å². The molecule has 0 radical (unpaired) electrons. The average molecular weight is 299 g/mol. The highest BCUT2D eigenvalue weighted by molar-refractivity contribution is 9.10. The van der Waals surface area contributed by atoms with E-state index in [0.29, 0.717) is 15.8 Å². The van der Waals surface area contributed by atoms with Crippen LogP contribution < -0.4 is 4.74 Å². The lowest BCUT2D eigenvalue weighted by atomic mass is 10.2. The molecule has 0 heterocycles. The number of hydrogen-bond donors (Lipinski definition) is 0. The Labute approximate surface area is 106 Å². The van der Waals surface area contributed by atoms with Gasteiger partial charge in [-0.3, -0.25) is 0 Å². The van der Waals surface area contributed by atoms with Crippen LogP contribution in [0.25, 0.3) is 0 Å². The van der Waals surface area contributed by atoms with Gasteiger partial charge < -0.3 is 4.74 Å². The van der Waals surface area contributed by atoms with E-state index in [1.165, 1.54) is 24.3 Å². The molecule has 4 heteroatoms. The molecule has 0 unspecified atom stereocenters. The quantitative estimate of drug-likeness (QED) is 0.820. The minimum atomic E-state index is -0.358. The van der Waals surface area contributed by atoms with Crippen LogP contribution in [-0.2, 0) is 6.61 Å². The number of ether oxygens (including phenoxy) is 1. The summed E-state index contributed by atoms with van der Waals surface area (Å²) in [5, 5.41) is 0. The van der Waals surface area contributed by atoms with E-state index < -0.39 is 0 Å². The molecule has 2 rings (SSSR count). The molecule has 0 atom stereocenters. The van der Waals surface area contributed by atoms with Crippen molar-refractivity contribution in [3.05, 3.63) is 64.1 Å². The molecule has 2 aromatic carbocycles. The van der Waals surface area contributed by atoms with Crippen molar-refractivity contribution in [2.45, 2.75) is 6.61 Å². The maximum absolute atomic E-state index is 13.3. The highest BCUT2D eigenvalue weighted by atomic mass is 79.9. The fourth-order valence-corrected chi connectivity index (χ4v) is 1.70. The molecule has 0 spiro atoms. The van der Waals surface area contributed by atoms with Crippen molar-refractivity contribution in [3.63, 3.8) is 0 Å². The lowest BCUT2D eigenvalue weighted by Crippen LogP contribution is -1.98. The van der Waals surface area contributed by atoms with E-state index in [9.17, 15) is 8.78 Å². The van der Waals surface area contributed by atoms with Crippen LogP contribution in [-0.4, -0.2) is 0 Å². The lowest BCUT2D eigenvalue weighted by molar-refractivity contribution is 0.299. The lowest BCUT2D eigenvalue weighted by Gasteiger charge is -2.07. The summed E-state index contributed by atoms with van der Waals surface area (Å²) >= 11 is 3.06. The molecule has 17 heavy (non-hydrogen) atoms. The zero-order valence-electron chi connectivity index (χ0n) is 8.79. The first-order chi connectivity index (χ1) is 8.16. The van der Waals surface area contributed by atoms with Crippen molar-refractivity contribution in [1.29, 1.82) is 0 Å². The molecule has 0 bridgehead atoms. The molecule has 0 amide bonds. The fraction of sp³-hybridized carbons (Fsp3) is 0.0769. The van der Waals surface area contributed by atoms with E-state index in [1.807, 2.05) is 0 Å². The topological polar surface area (TPSA) is 9.23 Å². The second kappa shape index (κ2) is 5.27. The second-order valence-corrected chi connectivity index (χ2v) is 4.31. The molecule has 0 aliphatic rings. The van der Waals surface area contributed by atoms with Crippen molar-refractivity contribution in [1.82, 2.24) is 0 Å². The van der Waals surface area contributed by atoms with Gasteiger partial charge in [-0.2, -0.15) is 0 Å². The van der Waals surface area contributed by atoms with Crippen molar-refractivity contribution >= 4 is 15.9 Å². The molecule has 0 aromatic heterocycles. The summed E-state index contributed by atoms with van der Waals surface area (Å²) in [7, 11) is 0. The Kier molecular flexibility index (Phi) is 3.74. The average Bonchev–Trinajstić information content (AvgIpc) is 2.32. The molecular weight excluding hydrogens is 290 g/mol. The van der Waals surface area contributed by atoms with Crippen LogP contribution >= 0.6 is 15.9 Å². The van der Waals surface area contributed by atoms with E-state index in [2.05, 4.69) is 15.9 Å². The third-order valence-electron chi connectivity index (χ3n) is 2.24. The molecular formula is C13H9BrF2O. The summed E-state index contributed by atoms with van der Waals surface area (Å²) in [4.78, 5) is 0. The van der Waals surface area contributed by atoms with Gasteiger partial charge in [-0.05, 0) is 40.2 Å². The third-order valence-corrected chi connectivity index (χ3v) is 2.85. The van der Waals surface area contributed by atoms with Crippen molar-refractivity contribution < 1.29 is 13.5 Å². The van der Waals surface area contributed by atoms with Crippen LogP contribution in [0.5, 0.6) is 5.75 Å². The second-order valence-electron chi connectivity index (χ2n) is 3.46. The maximum Gasteiger partial charge on any atom is 0.137 e. The van der Waals surface area contributed by atoms with Gasteiger partial charge in [-0.15, -0.1) is 0 Å². The standard InChI is InChI=1S/C13H9BrF2O/c14-11-7-10(5-6-13(11)16)17-8-9-3-1-2-4-12(9)15/h1-7H,8H2. The fourth-order valence-electron chi connectivity index (χ4n) is 1.34. The normalized spacial score (nSPS) is 10.3. The first kappa shape index (κ1) is 12.0. The van der Waals surface area contributed by atoms with Crippen LogP contribution in [0.1, 0.15) is 5.56 Å². The third kappa shape index (κ3) is 3.03. The van der Waals surface area contributed by atoms with E-state index in [0.717, 1.165) is 0 Å². The molecule has 88 valence electrons. The van der Waals surface area contributed by atoms with Crippen LogP contribution in [0.4, 0.5) is 8.78 Å². The number of halogens is 3. The monoisotopic (exact) mass is 298 g/mol. The minimum absolute atomic E-state index is 0.116. The summed E-state index contributed by atoms with van der Waals surface area (Å²) < 4.78 is 31.9. The summed E-state index contributed by atoms with van der Waals surface area (Å²) in [5.41, 5.74) is 0.466. The van der Waals surface area contributed by atoms with Crippen LogP contribution in [0, 0.1) is 11.6 Å². The molecule has 0 N–H and O–H groups in total. The van der Waals surface area contributed by atoms with Gasteiger partial charge in [-0.25, -0.2) is 8.78 Å². The Balaban J connectivity index is 2.08. The molecule has 0 aliphatic carbocycles. The SMILES string of the molecule is Fc1ccc(OCc2ccccc2F)cc1Br. The Bertz CT molecular complexity index is 529. The van der Waals surface area contributed by atoms with E-state index in [1.54, 1.807) is 18.2 Å². The molecule has 2 aromatic rings. The first-order valence-electron chi connectivity index (χ1n) is 4.98. The van der Waals surface area contributed by atoms with Gasteiger partial charge >= 0.3 is 0 Å². The van der Waals surface area contributed by atoms with E-state index in [-0.39, 0.29) is 18.2 Å². The van der Waals surface area contributed by atoms with Gasteiger partial charge in [0, 0.05) is 5.56 Å². The van der Waals surface area contributed by atoms with Gasteiger partial charge in [0.05, 0.1) is 4.47 Å². The Morgan fingerprint density at radius 3 is 2.47 bits per heavy atom. The van der Waals surface area contributed by atoms with Crippen LogP contribution in [0.15, 0.2) is 46.9 Å². The molecule has 1 nitrogen and oxygen atoms in total. The summed E-state index contributed by atoms with van der Waals surface area (Å²) in [6, 6.07) is 10.7. The number of rotatable bonds is 3. The van der Waals surface area contributed by atoms with E-state index >= 15 is 0 Å². The first-order valence-corrected chi connectivity index (χ1v) is 5.77. The largest absolute Gasteiger partial charge is 0.489 e. The molecule has 0 saturated carbocycles. The molecule has 0 fully saturated rings. The smallest absolute Gasteiger partial charge is 0.137 e. The van der Waals surface area contributed by atoms with Gasteiger partial charge in [0.15, 0.2) is 0 Å². The maximum atomic E-state index is 13.3. The number of benzene rings is 2. The summed E-state index contributed by atoms with van der Waals surface area (Å²) in [6.07, 6.45) is 0. The predicted octanol–water partition coefficient (Wildman–Crippen LogP) is 4.31. The van der Waals surface area contributed by atoms with Gasteiger partial charge in [-0.1, -0.05) is 18.2 Å². The van der Waals surface area contributed by atoms with Gasteiger partial charge in [0.25, 0.3) is 0 Å². The Hall–Kier alpha value is -1.42. The van der Waals surface area contributed by atoms with Gasteiger partial charge in [0.2, 0.25) is 0 Å². The Morgan fingerprint density at radius 1 is 1.00 bits per heavy atom. The zero-order chi connectivity index (χ0) is 12.3. The van der Waals surface area contributed by atoms with Crippen molar-refractivity contribution in [2.75, 3.05) is 0 Å². The van der Waals surface area contributed by atoms with Gasteiger partial charge in [0.1, 0.15) is 24.0 Å². The summed E-state index contributed by atoms with van der Waals surface area (Å²) in [6.45, 7) is 0.116. The minimum Gasteiger partial charge on any atom is -0.489 e. The van der Waals surface area contributed by atoms with Crippen LogP contribution in [0.2, 0.25) is 0 Å². The Morgan fingerprint density at radius 2 is 1.76 bits per heavy atom. The van der Waals surface area contributed by atoms with Crippen molar-refractivity contribution in [3.8, 4) is 5.75 Å². The predicted molar refractivity (Wildman–Crippen MR) is 64.8 cm³/mol. The zero-order valence-corrected chi connectivity index (χ0v) is 10.4. The van der Waals surface area contributed by atoms with Crippen LogP contribution in [0.3, 0.4) is 0 Å². The summed E-state index contributed by atoms with van der Waals surface area (Å²) in [5.74, 6) is -0.182. The number of hydrogen-bond acceptors (Lipinski definition) is 1. The highest BCUT2D eigenvalue weighted by Crippen LogP contribution is 2.22. The molecule has 0 saturated heterocycles. The van der Waals surface area contributed by atoms with Crippen molar-refractivity contribution in [2.24, 2.45) is 0 Å². The highest BCUT2D eigenvalue weighted by Gasteiger charge is 2.04.